The monoisotopic (exact) mass is 361 g/mol. The van der Waals surface area contributed by atoms with Gasteiger partial charge in [0.1, 0.15) is 17.3 Å². The number of fused-ring (bicyclic) bond motifs is 5. The van der Waals surface area contributed by atoms with Gasteiger partial charge >= 0.3 is 0 Å². The Hall–Kier alpha value is -2.32. The molecule has 2 aromatic heterocycles. The number of ether oxygens (including phenoxy) is 1. The molecule has 132 valence electrons. The topological polar surface area (TPSA) is 86.3 Å². The molecule has 0 unspecified atom stereocenters. The number of rotatable bonds is 3. The van der Waals surface area contributed by atoms with Gasteiger partial charge < -0.3 is 13.9 Å². The molecule has 3 aromatic rings. The Balaban J connectivity index is 2.03. The second-order valence-corrected chi connectivity index (χ2v) is 7.80. The summed E-state index contributed by atoms with van der Waals surface area (Å²) in [4.78, 5) is 4.41. The summed E-state index contributed by atoms with van der Waals surface area (Å²) >= 11 is 0. The third-order valence-electron chi connectivity index (χ3n) is 4.87. The summed E-state index contributed by atoms with van der Waals surface area (Å²) in [5.74, 6) is 1.05. The molecular formula is C17H19N3O4S. The van der Waals surface area contributed by atoms with Crippen LogP contribution in [0.5, 0.6) is 5.75 Å². The molecule has 0 aliphatic carbocycles. The van der Waals surface area contributed by atoms with Crippen LogP contribution in [0, 0.1) is 6.92 Å². The average Bonchev–Trinajstić information content (AvgIpc) is 3.01. The lowest BCUT2D eigenvalue weighted by Gasteiger charge is -2.19. The number of benzene rings is 1. The van der Waals surface area contributed by atoms with Crippen molar-refractivity contribution in [2.24, 2.45) is 7.05 Å². The van der Waals surface area contributed by atoms with E-state index in [1.165, 1.54) is 0 Å². The molecule has 0 fully saturated rings. The SMILES string of the molecule is COc1ccc2c(c1)c1c(n2C)-c2c(CS(=O)(=O)O)nc(C)n2CC1. The molecule has 25 heavy (non-hydrogen) atoms. The standard InChI is InChI=1S/C17H19N3O4S/c1-10-18-14(9-25(21,22)23)17-16-12(6-7-20(10)17)13-8-11(24-3)4-5-15(13)19(16)2/h4-5,8H,6-7,9H2,1-3H3,(H,21,22,23). The molecule has 0 radical (unpaired) electrons. The molecule has 1 aliphatic heterocycles. The largest absolute Gasteiger partial charge is 0.497 e. The summed E-state index contributed by atoms with van der Waals surface area (Å²) in [6, 6.07) is 5.92. The molecular weight excluding hydrogens is 342 g/mol. The van der Waals surface area contributed by atoms with Gasteiger partial charge in [0, 0.05) is 24.5 Å². The van der Waals surface area contributed by atoms with Crippen molar-refractivity contribution in [2.45, 2.75) is 25.6 Å². The van der Waals surface area contributed by atoms with Gasteiger partial charge in [-0.1, -0.05) is 0 Å². The minimum atomic E-state index is -4.16. The molecule has 0 saturated heterocycles. The maximum Gasteiger partial charge on any atom is 0.270 e. The minimum absolute atomic E-state index is 0.388. The van der Waals surface area contributed by atoms with Gasteiger partial charge in [0.05, 0.1) is 24.2 Å². The summed E-state index contributed by atoms with van der Waals surface area (Å²) in [6.07, 6.45) is 0.829. The number of aryl methyl sites for hydroxylation is 3. The number of imidazole rings is 1. The molecule has 1 N–H and O–H groups in total. The van der Waals surface area contributed by atoms with Crippen LogP contribution in [0.1, 0.15) is 17.1 Å². The number of methoxy groups -OCH3 is 1. The van der Waals surface area contributed by atoms with Gasteiger partial charge in [0.25, 0.3) is 10.1 Å². The van der Waals surface area contributed by atoms with Crippen molar-refractivity contribution in [2.75, 3.05) is 7.11 Å². The van der Waals surface area contributed by atoms with Crippen molar-refractivity contribution in [3.8, 4) is 17.1 Å². The molecule has 0 amide bonds. The summed E-state index contributed by atoms with van der Waals surface area (Å²) in [6.45, 7) is 2.58. The van der Waals surface area contributed by atoms with E-state index < -0.39 is 15.9 Å². The zero-order chi connectivity index (χ0) is 17.9. The fourth-order valence-electron chi connectivity index (χ4n) is 3.84. The van der Waals surface area contributed by atoms with Crippen molar-refractivity contribution < 1.29 is 17.7 Å². The molecule has 0 bridgehead atoms. The van der Waals surface area contributed by atoms with Crippen LogP contribution in [-0.2, 0) is 35.9 Å². The number of hydrogen-bond acceptors (Lipinski definition) is 4. The highest BCUT2D eigenvalue weighted by molar-refractivity contribution is 7.85. The Morgan fingerprint density at radius 3 is 2.76 bits per heavy atom. The van der Waals surface area contributed by atoms with E-state index in [-0.39, 0.29) is 0 Å². The Bertz CT molecular complexity index is 1110. The van der Waals surface area contributed by atoms with Gasteiger partial charge in [-0.2, -0.15) is 8.42 Å². The van der Waals surface area contributed by atoms with Crippen LogP contribution in [0.2, 0.25) is 0 Å². The molecule has 0 atom stereocenters. The fraction of sp³-hybridized carbons (Fsp3) is 0.353. The number of nitrogens with zero attached hydrogens (tertiary/aromatic N) is 3. The van der Waals surface area contributed by atoms with Gasteiger partial charge in [-0.25, -0.2) is 4.98 Å². The number of hydrogen-bond donors (Lipinski definition) is 1. The number of aromatic nitrogens is 3. The average molecular weight is 361 g/mol. The Morgan fingerprint density at radius 2 is 2.08 bits per heavy atom. The third-order valence-corrected chi connectivity index (χ3v) is 5.51. The summed E-state index contributed by atoms with van der Waals surface area (Å²) in [5, 5.41) is 1.10. The molecule has 1 aliphatic rings. The van der Waals surface area contributed by atoms with Gasteiger partial charge in [0.2, 0.25) is 0 Å². The lowest BCUT2D eigenvalue weighted by molar-refractivity contribution is 0.415. The van der Waals surface area contributed by atoms with Crippen LogP contribution in [0.15, 0.2) is 18.2 Å². The van der Waals surface area contributed by atoms with Crippen LogP contribution in [0.25, 0.3) is 22.3 Å². The van der Waals surface area contributed by atoms with Crippen LogP contribution >= 0.6 is 0 Å². The van der Waals surface area contributed by atoms with Crippen LogP contribution in [0.3, 0.4) is 0 Å². The van der Waals surface area contributed by atoms with E-state index in [2.05, 4.69) is 9.55 Å². The van der Waals surface area contributed by atoms with E-state index in [1.54, 1.807) is 7.11 Å². The molecule has 3 heterocycles. The first-order chi connectivity index (χ1) is 11.8. The Labute approximate surface area is 145 Å². The molecule has 0 saturated carbocycles. The zero-order valence-electron chi connectivity index (χ0n) is 14.3. The van der Waals surface area contributed by atoms with Crippen LogP contribution < -0.4 is 4.74 Å². The third kappa shape index (κ3) is 2.44. The van der Waals surface area contributed by atoms with Crippen LogP contribution in [0.4, 0.5) is 0 Å². The first kappa shape index (κ1) is 16.2. The highest BCUT2D eigenvalue weighted by Gasteiger charge is 2.29. The van der Waals surface area contributed by atoms with Crippen molar-refractivity contribution in [1.82, 2.24) is 14.1 Å². The maximum atomic E-state index is 11.4. The quantitative estimate of drug-likeness (QED) is 0.724. The highest BCUT2D eigenvalue weighted by atomic mass is 32.2. The van der Waals surface area contributed by atoms with Crippen molar-refractivity contribution in [3.63, 3.8) is 0 Å². The second-order valence-electron chi connectivity index (χ2n) is 6.35. The van der Waals surface area contributed by atoms with E-state index in [9.17, 15) is 13.0 Å². The molecule has 7 nitrogen and oxygen atoms in total. The van der Waals surface area contributed by atoms with E-state index in [1.807, 2.05) is 36.7 Å². The van der Waals surface area contributed by atoms with Gasteiger partial charge in [0.15, 0.2) is 0 Å². The second kappa shape index (κ2) is 5.34. The first-order valence-corrected chi connectivity index (χ1v) is 9.58. The summed E-state index contributed by atoms with van der Waals surface area (Å²) in [5.41, 5.74) is 4.32. The van der Waals surface area contributed by atoms with Crippen molar-refractivity contribution in [3.05, 3.63) is 35.3 Å². The van der Waals surface area contributed by atoms with Gasteiger partial charge in [-0.05, 0) is 37.1 Å². The molecule has 1 aromatic carbocycles. The molecule has 4 rings (SSSR count). The van der Waals surface area contributed by atoms with Crippen molar-refractivity contribution >= 4 is 21.0 Å². The summed E-state index contributed by atoms with van der Waals surface area (Å²) < 4.78 is 41.6. The van der Waals surface area contributed by atoms with Crippen LogP contribution in [-0.4, -0.2) is 34.2 Å². The molecule has 8 heteroatoms. The highest BCUT2D eigenvalue weighted by Crippen LogP contribution is 2.40. The molecule has 0 spiro atoms. The lowest BCUT2D eigenvalue weighted by atomic mass is 10.0. The van der Waals surface area contributed by atoms with Crippen molar-refractivity contribution in [1.29, 1.82) is 0 Å². The maximum absolute atomic E-state index is 11.4. The minimum Gasteiger partial charge on any atom is -0.497 e. The first-order valence-electron chi connectivity index (χ1n) is 7.97. The van der Waals surface area contributed by atoms with Gasteiger partial charge in [-0.15, -0.1) is 0 Å². The predicted molar refractivity (Wildman–Crippen MR) is 94.4 cm³/mol. The summed E-state index contributed by atoms with van der Waals surface area (Å²) in [7, 11) is -0.559. The van der Waals surface area contributed by atoms with E-state index in [0.717, 1.165) is 52.4 Å². The predicted octanol–water partition coefficient (Wildman–Crippen LogP) is 2.30. The zero-order valence-corrected chi connectivity index (χ0v) is 15.1. The van der Waals surface area contributed by atoms with Gasteiger partial charge in [-0.3, -0.25) is 4.55 Å². The Kier molecular flexibility index (Phi) is 3.45. The lowest BCUT2D eigenvalue weighted by Crippen LogP contribution is -2.14. The Morgan fingerprint density at radius 1 is 1.32 bits per heavy atom. The van der Waals surface area contributed by atoms with E-state index in [0.29, 0.717) is 5.69 Å². The van der Waals surface area contributed by atoms with E-state index in [4.69, 9.17) is 4.74 Å². The fourth-order valence-corrected chi connectivity index (χ4v) is 4.39. The van der Waals surface area contributed by atoms with E-state index >= 15 is 0 Å². The smallest absolute Gasteiger partial charge is 0.270 e. The normalized spacial score (nSPS) is 13.8.